The van der Waals surface area contributed by atoms with Gasteiger partial charge in [0.15, 0.2) is 0 Å². The molecule has 1 aliphatic rings. The number of hydrogen-bond donors (Lipinski definition) is 1. The first-order valence-corrected chi connectivity index (χ1v) is 7.45. The van der Waals surface area contributed by atoms with Crippen LogP contribution >= 0.6 is 0 Å². The maximum Gasteiger partial charge on any atom is 0.223 e. The molecule has 1 aliphatic heterocycles. The molecule has 112 valence electrons. The molecule has 1 amide bonds. The van der Waals surface area contributed by atoms with Crippen molar-refractivity contribution in [3.8, 4) is 0 Å². The minimum Gasteiger partial charge on any atom is -0.346 e. The molecule has 0 radical (unpaired) electrons. The monoisotopic (exact) mass is 270 g/mol. The highest BCUT2D eigenvalue weighted by Gasteiger charge is 2.23. The largest absolute Gasteiger partial charge is 0.346 e. The fraction of sp³-hybridized carbons (Fsp3) is 0.929. The molecular weight excluding hydrogens is 240 g/mol. The zero-order chi connectivity index (χ0) is 14.3. The van der Waals surface area contributed by atoms with Crippen molar-refractivity contribution in [1.82, 2.24) is 14.7 Å². The van der Waals surface area contributed by atoms with Crippen LogP contribution in [0.5, 0.6) is 0 Å². The number of nitrogens with two attached hydrogens (primary N) is 1. The van der Waals surface area contributed by atoms with E-state index in [0.717, 1.165) is 39.1 Å². The van der Waals surface area contributed by atoms with Crippen LogP contribution < -0.4 is 5.73 Å². The van der Waals surface area contributed by atoms with E-state index in [0.29, 0.717) is 19.0 Å². The molecule has 0 spiro atoms. The van der Waals surface area contributed by atoms with Crippen molar-refractivity contribution < 1.29 is 4.79 Å². The standard InChI is InChI=1S/C14H30N4O/c1-4-13-12-18(11-10-16(13)2)9-6-14(19)17(3)8-5-7-15/h13H,4-12,15H2,1-3H3. The summed E-state index contributed by atoms with van der Waals surface area (Å²) in [5.74, 6) is 0.237. The summed E-state index contributed by atoms with van der Waals surface area (Å²) >= 11 is 0. The van der Waals surface area contributed by atoms with Gasteiger partial charge in [0, 0.05) is 52.2 Å². The average Bonchev–Trinajstić information content (AvgIpc) is 2.43. The molecule has 1 saturated heterocycles. The van der Waals surface area contributed by atoms with Gasteiger partial charge in [0.05, 0.1) is 0 Å². The molecule has 1 unspecified atom stereocenters. The minimum absolute atomic E-state index is 0.237. The summed E-state index contributed by atoms with van der Waals surface area (Å²) < 4.78 is 0. The van der Waals surface area contributed by atoms with Crippen LogP contribution in [0.2, 0.25) is 0 Å². The van der Waals surface area contributed by atoms with Crippen molar-refractivity contribution in [2.75, 3.05) is 53.4 Å². The van der Waals surface area contributed by atoms with E-state index < -0.39 is 0 Å². The molecule has 5 nitrogen and oxygen atoms in total. The molecule has 0 aromatic carbocycles. The Morgan fingerprint density at radius 3 is 2.79 bits per heavy atom. The summed E-state index contributed by atoms with van der Waals surface area (Å²) in [6.45, 7) is 7.81. The predicted molar refractivity (Wildman–Crippen MR) is 79.1 cm³/mol. The Morgan fingerprint density at radius 2 is 2.16 bits per heavy atom. The second kappa shape index (κ2) is 8.51. The topological polar surface area (TPSA) is 52.8 Å². The van der Waals surface area contributed by atoms with E-state index in [1.165, 1.54) is 6.42 Å². The molecule has 0 bridgehead atoms. The van der Waals surface area contributed by atoms with Crippen molar-refractivity contribution in [3.63, 3.8) is 0 Å². The summed E-state index contributed by atoms with van der Waals surface area (Å²) in [5.41, 5.74) is 5.46. The Labute approximate surface area is 117 Å². The first-order valence-electron chi connectivity index (χ1n) is 7.45. The van der Waals surface area contributed by atoms with Crippen LogP contribution in [-0.4, -0.2) is 80.0 Å². The highest BCUT2D eigenvalue weighted by Crippen LogP contribution is 2.11. The van der Waals surface area contributed by atoms with E-state index in [1.807, 2.05) is 7.05 Å². The molecule has 0 aromatic heterocycles. The Kier molecular flexibility index (Phi) is 7.34. The van der Waals surface area contributed by atoms with Gasteiger partial charge in [0.1, 0.15) is 0 Å². The minimum atomic E-state index is 0.237. The fourth-order valence-electron chi connectivity index (χ4n) is 2.55. The van der Waals surface area contributed by atoms with Crippen LogP contribution in [0.3, 0.4) is 0 Å². The molecule has 1 heterocycles. The van der Waals surface area contributed by atoms with Gasteiger partial charge in [-0.15, -0.1) is 0 Å². The van der Waals surface area contributed by atoms with Crippen LogP contribution in [0.1, 0.15) is 26.2 Å². The van der Waals surface area contributed by atoms with Gasteiger partial charge in [0.25, 0.3) is 0 Å². The van der Waals surface area contributed by atoms with Gasteiger partial charge in [-0.2, -0.15) is 0 Å². The number of amides is 1. The normalized spacial score (nSPS) is 21.6. The predicted octanol–water partition coefficient (Wildman–Crippen LogP) is 0.210. The molecule has 1 fully saturated rings. The van der Waals surface area contributed by atoms with E-state index in [9.17, 15) is 4.79 Å². The van der Waals surface area contributed by atoms with Gasteiger partial charge >= 0.3 is 0 Å². The highest BCUT2D eigenvalue weighted by atomic mass is 16.2. The molecule has 19 heavy (non-hydrogen) atoms. The molecule has 0 aliphatic carbocycles. The van der Waals surface area contributed by atoms with Crippen LogP contribution in [-0.2, 0) is 4.79 Å². The highest BCUT2D eigenvalue weighted by molar-refractivity contribution is 5.76. The third-order valence-corrected chi connectivity index (χ3v) is 4.10. The second-order valence-corrected chi connectivity index (χ2v) is 5.55. The van der Waals surface area contributed by atoms with Crippen molar-refractivity contribution in [1.29, 1.82) is 0 Å². The zero-order valence-corrected chi connectivity index (χ0v) is 12.8. The SMILES string of the molecule is CCC1CN(CCC(=O)N(C)CCCN)CCN1C. The molecule has 0 aromatic rings. The van der Waals surface area contributed by atoms with Gasteiger partial charge in [-0.1, -0.05) is 6.92 Å². The third kappa shape index (κ3) is 5.47. The lowest BCUT2D eigenvalue weighted by Crippen LogP contribution is -2.51. The Balaban J connectivity index is 2.26. The van der Waals surface area contributed by atoms with Gasteiger partial charge in [-0.25, -0.2) is 0 Å². The van der Waals surface area contributed by atoms with Gasteiger partial charge in [-0.3, -0.25) is 9.69 Å². The smallest absolute Gasteiger partial charge is 0.223 e. The van der Waals surface area contributed by atoms with Crippen LogP contribution in [0.15, 0.2) is 0 Å². The molecule has 5 heteroatoms. The van der Waals surface area contributed by atoms with Gasteiger partial charge in [0.2, 0.25) is 5.91 Å². The number of piperazine rings is 1. The fourth-order valence-corrected chi connectivity index (χ4v) is 2.55. The lowest BCUT2D eigenvalue weighted by atomic mass is 10.1. The molecular formula is C14H30N4O. The Hall–Kier alpha value is -0.650. The summed E-state index contributed by atoms with van der Waals surface area (Å²) in [7, 11) is 4.06. The maximum absolute atomic E-state index is 12.0. The summed E-state index contributed by atoms with van der Waals surface area (Å²) in [6.07, 6.45) is 2.69. The van der Waals surface area contributed by atoms with Gasteiger partial charge in [-0.05, 0) is 26.4 Å². The Morgan fingerprint density at radius 1 is 1.42 bits per heavy atom. The quantitative estimate of drug-likeness (QED) is 0.718. The van der Waals surface area contributed by atoms with Crippen LogP contribution in [0, 0.1) is 0 Å². The maximum atomic E-state index is 12.0. The van der Waals surface area contributed by atoms with Crippen molar-refractivity contribution in [3.05, 3.63) is 0 Å². The third-order valence-electron chi connectivity index (χ3n) is 4.10. The summed E-state index contributed by atoms with van der Waals surface area (Å²) in [5, 5.41) is 0. The van der Waals surface area contributed by atoms with Crippen LogP contribution in [0.4, 0.5) is 0 Å². The lowest BCUT2D eigenvalue weighted by molar-refractivity contribution is -0.130. The average molecular weight is 270 g/mol. The first-order chi connectivity index (χ1) is 9.08. The number of carbonyl (C=O) groups is 1. The van der Waals surface area contributed by atoms with E-state index >= 15 is 0 Å². The Bertz CT molecular complexity index is 272. The number of likely N-dealkylation sites (N-methyl/N-ethyl adjacent to an activating group) is 1. The van der Waals surface area contributed by atoms with E-state index in [-0.39, 0.29) is 5.91 Å². The number of nitrogens with zero attached hydrogens (tertiary/aromatic N) is 3. The van der Waals surface area contributed by atoms with Crippen molar-refractivity contribution in [2.24, 2.45) is 5.73 Å². The van der Waals surface area contributed by atoms with E-state index in [4.69, 9.17) is 5.73 Å². The van der Waals surface area contributed by atoms with Crippen molar-refractivity contribution in [2.45, 2.75) is 32.2 Å². The zero-order valence-electron chi connectivity index (χ0n) is 12.8. The number of hydrogen-bond acceptors (Lipinski definition) is 4. The van der Waals surface area contributed by atoms with Crippen LogP contribution in [0.25, 0.3) is 0 Å². The second-order valence-electron chi connectivity index (χ2n) is 5.55. The first kappa shape index (κ1) is 16.4. The molecule has 1 atom stereocenters. The number of carbonyl (C=O) groups excluding carboxylic acids is 1. The summed E-state index contributed by atoms with van der Waals surface area (Å²) in [6, 6.07) is 0.638. The van der Waals surface area contributed by atoms with Gasteiger partial charge < -0.3 is 15.5 Å². The van der Waals surface area contributed by atoms with Crippen molar-refractivity contribution >= 4 is 5.91 Å². The molecule has 2 N–H and O–H groups in total. The lowest BCUT2D eigenvalue weighted by Gasteiger charge is -2.39. The number of rotatable bonds is 7. The van der Waals surface area contributed by atoms with E-state index in [1.54, 1.807) is 4.90 Å². The molecule has 1 rings (SSSR count). The van der Waals surface area contributed by atoms with E-state index in [2.05, 4.69) is 23.8 Å². The summed E-state index contributed by atoms with van der Waals surface area (Å²) in [4.78, 5) is 18.6. The molecule has 0 saturated carbocycles.